The summed E-state index contributed by atoms with van der Waals surface area (Å²) in [7, 11) is 0. The van der Waals surface area contributed by atoms with Gasteiger partial charge >= 0.3 is 12.7 Å². The van der Waals surface area contributed by atoms with Crippen LogP contribution in [0.5, 0.6) is 5.75 Å². The number of amides is 2. The van der Waals surface area contributed by atoms with Gasteiger partial charge < -0.3 is 24.3 Å². The third-order valence-corrected chi connectivity index (χ3v) is 6.48. The van der Waals surface area contributed by atoms with Crippen LogP contribution < -0.4 is 10.1 Å². The van der Waals surface area contributed by atoms with Crippen molar-refractivity contribution in [2.45, 2.75) is 70.9 Å². The van der Waals surface area contributed by atoms with Gasteiger partial charge in [0.2, 0.25) is 0 Å². The second-order valence-electron chi connectivity index (χ2n) is 11.1. The van der Waals surface area contributed by atoms with E-state index in [9.17, 15) is 18.4 Å². The minimum atomic E-state index is -3.15. The number of nitrogens with one attached hydrogen (secondary N) is 1. The van der Waals surface area contributed by atoms with Gasteiger partial charge in [0.15, 0.2) is 0 Å². The zero-order chi connectivity index (χ0) is 30.8. The molecule has 39 heavy (non-hydrogen) atoms. The number of imidazole rings is 1. The number of benzene rings is 2. The summed E-state index contributed by atoms with van der Waals surface area (Å²) in [6, 6.07) is 7.73. The van der Waals surface area contributed by atoms with Crippen molar-refractivity contribution in [3.63, 3.8) is 0 Å². The fraction of sp³-hybridized carbons (Fsp3) is 0.414. The minimum Gasteiger partial charge on any atom is -0.444 e. The van der Waals surface area contributed by atoms with E-state index < -0.39 is 48.8 Å². The Morgan fingerprint density at radius 2 is 1.97 bits per heavy atom. The largest absolute Gasteiger partial charge is 0.444 e. The first-order chi connectivity index (χ1) is 19.4. The fourth-order valence-electron chi connectivity index (χ4n) is 5.00. The molecule has 1 N–H and O–H groups in total. The maximum absolute atomic E-state index is 13.6. The van der Waals surface area contributed by atoms with E-state index in [4.69, 9.17) is 13.6 Å². The number of alkyl carbamates (subject to hydrolysis) is 1. The fourth-order valence-corrected chi connectivity index (χ4v) is 5.00. The molecule has 0 spiro atoms. The van der Waals surface area contributed by atoms with Gasteiger partial charge in [0.1, 0.15) is 17.2 Å². The van der Waals surface area contributed by atoms with Crippen molar-refractivity contribution < 1.29 is 32.0 Å². The molecule has 2 bridgehead atoms. The molecule has 2 aromatic carbocycles. The average Bonchev–Trinajstić information content (AvgIpc) is 3.33. The number of carbonyl (C=O) groups excluding carboxylic acids is 2. The molecule has 1 aromatic heterocycles. The Bertz CT molecular complexity index is 1650. The molecule has 5 rings (SSSR count). The number of hydrogen-bond donors (Lipinski definition) is 1. The molecule has 0 radical (unpaired) electrons. The monoisotopic (exact) mass is 539 g/mol. The van der Waals surface area contributed by atoms with Gasteiger partial charge in [0, 0.05) is 34.2 Å². The van der Waals surface area contributed by atoms with Crippen LogP contribution in [0.2, 0.25) is 0 Å². The highest BCUT2D eigenvalue weighted by atomic mass is 19.3. The van der Waals surface area contributed by atoms with E-state index in [2.05, 4.69) is 22.1 Å². The molecule has 8 nitrogen and oxygen atoms in total. The molecule has 0 saturated carbocycles. The predicted molar refractivity (Wildman–Crippen MR) is 141 cm³/mol. The van der Waals surface area contributed by atoms with Crippen molar-refractivity contribution in [2.75, 3.05) is 6.98 Å². The normalized spacial score (nSPS) is 19.7. The quantitative estimate of drug-likeness (QED) is 0.450. The predicted octanol–water partition coefficient (Wildman–Crippen LogP) is 5.41. The average molecular weight is 540 g/mol. The number of ether oxygens (including phenoxy) is 2. The van der Waals surface area contributed by atoms with E-state index in [-0.39, 0.29) is 23.3 Å². The van der Waals surface area contributed by atoms with Crippen molar-refractivity contribution in [1.29, 1.82) is 0 Å². The number of nitrogens with zero attached hydrogens (tertiary/aromatic N) is 3. The van der Waals surface area contributed by atoms with Crippen LogP contribution in [0.3, 0.4) is 0 Å². The van der Waals surface area contributed by atoms with Crippen LogP contribution in [0.1, 0.15) is 84.5 Å². The molecule has 0 aliphatic carbocycles. The van der Waals surface area contributed by atoms with Gasteiger partial charge in [-0.25, -0.2) is 9.78 Å². The standard InChI is InChI=1S/C29H30F2N4O4/c1-28(2,3)39-27(37)33-29(4,5)13-12-16-10-11-18-19(14-16)35-20-15-21(24(35)32-18)34(6)25(36)17-8-7-9-22(23(17)20)38-26(30)31/h7-11,14,20-21,26H,15H2,1-6H3,(H,33,37)/t20-,21-/m1/s1/i6D3. The van der Waals surface area contributed by atoms with Crippen LogP contribution in [0.4, 0.5) is 13.6 Å². The summed E-state index contributed by atoms with van der Waals surface area (Å²) in [5.41, 5.74) is 0.226. The summed E-state index contributed by atoms with van der Waals surface area (Å²) in [5.74, 6) is 5.41. The summed E-state index contributed by atoms with van der Waals surface area (Å²) in [5, 5.41) is 2.73. The van der Waals surface area contributed by atoms with E-state index in [1.54, 1.807) is 57.4 Å². The summed E-state index contributed by atoms with van der Waals surface area (Å²) < 4.78 is 63.1. The lowest BCUT2D eigenvalue weighted by molar-refractivity contribution is -0.0507. The van der Waals surface area contributed by atoms with E-state index in [1.807, 2.05) is 0 Å². The molecular weight excluding hydrogens is 506 g/mol. The topological polar surface area (TPSA) is 85.7 Å². The first kappa shape index (κ1) is 22.8. The highest BCUT2D eigenvalue weighted by Crippen LogP contribution is 2.49. The van der Waals surface area contributed by atoms with Gasteiger partial charge in [-0.1, -0.05) is 17.9 Å². The summed E-state index contributed by atoms with van der Waals surface area (Å²) >= 11 is 0. The van der Waals surface area contributed by atoms with Crippen molar-refractivity contribution in [3.05, 3.63) is 58.9 Å². The van der Waals surface area contributed by atoms with Crippen LogP contribution in [0.25, 0.3) is 11.0 Å². The Balaban J connectivity index is 1.61. The number of rotatable bonds is 3. The number of carbonyl (C=O) groups is 2. The number of aromatic nitrogens is 2. The molecular formula is C29H30F2N4O4. The van der Waals surface area contributed by atoms with Crippen LogP contribution in [-0.4, -0.2) is 51.2 Å². The molecule has 2 atom stereocenters. The van der Waals surface area contributed by atoms with Crippen LogP contribution >= 0.6 is 0 Å². The molecule has 0 saturated heterocycles. The van der Waals surface area contributed by atoms with Crippen LogP contribution in [0.15, 0.2) is 36.4 Å². The molecule has 0 unspecified atom stereocenters. The lowest BCUT2D eigenvalue weighted by atomic mass is 9.97. The Morgan fingerprint density at radius 1 is 1.21 bits per heavy atom. The van der Waals surface area contributed by atoms with E-state index in [0.29, 0.717) is 22.4 Å². The van der Waals surface area contributed by atoms with Crippen molar-refractivity contribution in [1.82, 2.24) is 19.8 Å². The lowest BCUT2D eigenvalue weighted by Crippen LogP contribution is -2.44. The summed E-state index contributed by atoms with van der Waals surface area (Å²) in [4.78, 5) is 31.3. The zero-order valence-corrected chi connectivity index (χ0v) is 22.1. The van der Waals surface area contributed by atoms with Crippen molar-refractivity contribution in [2.24, 2.45) is 0 Å². The van der Waals surface area contributed by atoms with E-state index in [0.717, 1.165) is 4.90 Å². The Kier molecular flexibility index (Phi) is 5.42. The molecule has 2 amide bonds. The van der Waals surface area contributed by atoms with E-state index >= 15 is 0 Å². The highest BCUT2D eigenvalue weighted by Gasteiger charge is 2.45. The van der Waals surface area contributed by atoms with Crippen LogP contribution in [0, 0.1) is 11.8 Å². The number of alkyl halides is 2. The van der Waals surface area contributed by atoms with Gasteiger partial charge in [-0.3, -0.25) is 4.79 Å². The van der Waals surface area contributed by atoms with Crippen molar-refractivity contribution in [3.8, 4) is 17.6 Å². The smallest absolute Gasteiger partial charge is 0.408 e. The van der Waals surface area contributed by atoms with Gasteiger partial charge in [0.05, 0.1) is 28.7 Å². The molecule has 2 aliphatic heterocycles. The molecule has 204 valence electrons. The third-order valence-electron chi connectivity index (χ3n) is 6.48. The molecule has 3 heterocycles. The maximum Gasteiger partial charge on any atom is 0.408 e. The Labute approximate surface area is 229 Å². The lowest BCUT2D eigenvalue weighted by Gasteiger charge is -2.24. The first-order valence-electron chi connectivity index (χ1n) is 13.9. The van der Waals surface area contributed by atoms with Crippen LogP contribution in [-0.2, 0) is 4.74 Å². The Morgan fingerprint density at radius 3 is 2.67 bits per heavy atom. The van der Waals surface area contributed by atoms with Gasteiger partial charge in [-0.15, -0.1) is 0 Å². The number of hydrogen-bond acceptors (Lipinski definition) is 5. The molecule has 2 aliphatic rings. The second-order valence-corrected chi connectivity index (χ2v) is 11.1. The Hall–Kier alpha value is -4.13. The summed E-state index contributed by atoms with van der Waals surface area (Å²) in [6.45, 7) is 2.77. The first-order valence-corrected chi connectivity index (χ1v) is 12.4. The van der Waals surface area contributed by atoms with Gasteiger partial charge in [0.25, 0.3) is 5.91 Å². The SMILES string of the molecule is [2H]C([2H])([2H])N1C(=O)c2cccc(OC(F)F)c2[C@H]2C[C@@H]1c1nc3ccc(C#CC(C)(C)NC(=O)OC(C)(C)C)cc3n12. The van der Waals surface area contributed by atoms with Gasteiger partial charge in [-0.2, -0.15) is 8.78 Å². The summed E-state index contributed by atoms with van der Waals surface area (Å²) in [6.07, 6.45) is -0.495. The van der Waals surface area contributed by atoms with Gasteiger partial charge in [-0.05, 0) is 65.0 Å². The number of fused-ring (bicyclic) bond motifs is 9. The molecule has 10 heteroatoms. The zero-order valence-electron chi connectivity index (χ0n) is 25.1. The number of halogens is 2. The minimum absolute atomic E-state index is 0.0183. The molecule has 0 fully saturated rings. The second kappa shape index (κ2) is 9.26. The third kappa shape index (κ3) is 5.01. The van der Waals surface area contributed by atoms with E-state index in [1.165, 1.54) is 18.2 Å². The highest BCUT2D eigenvalue weighted by molar-refractivity contribution is 5.97. The maximum atomic E-state index is 13.6. The molecule has 3 aromatic rings. The van der Waals surface area contributed by atoms with Crippen molar-refractivity contribution >= 4 is 23.0 Å².